The van der Waals surface area contributed by atoms with Crippen LogP contribution in [0.2, 0.25) is 0 Å². The predicted molar refractivity (Wildman–Crippen MR) is 48.4 cm³/mol. The Morgan fingerprint density at radius 3 is 2.42 bits per heavy atom. The summed E-state index contributed by atoms with van der Waals surface area (Å²) in [5.74, 6) is -0.590. The molecule has 0 bridgehead atoms. The van der Waals surface area contributed by atoms with E-state index in [-0.39, 0.29) is 0 Å². The van der Waals surface area contributed by atoms with Crippen LogP contribution >= 0.6 is 0 Å². The maximum absolute atomic E-state index is 11.2. The summed E-state index contributed by atoms with van der Waals surface area (Å²) in [6, 6.07) is 0. The van der Waals surface area contributed by atoms with Crippen molar-refractivity contribution >= 4 is 23.5 Å². The Kier molecular flexibility index (Phi) is 4.26. The Labute approximate surface area is 75.3 Å². The van der Waals surface area contributed by atoms with Crippen molar-refractivity contribution in [1.29, 1.82) is 0 Å². The second kappa shape index (κ2) is 4.47. The fourth-order valence-corrected chi connectivity index (χ4v) is 0.800. The van der Waals surface area contributed by atoms with E-state index in [0.717, 1.165) is 6.21 Å². The van der Waals surface area contributed by atoms with Crippen LogP contribution in [0.4, 0.5) is 0 Å². The van der Waals surface area contributed by atoms with Gasteiger partial charge in [0.2, 0.25) is 0 Å². The summed E-state index contributed by atoms with van der Waals surface area (Å²) in [6.07, 6.45) is 0.932. The third kappa shape index (κ3) is 4.35. The average Bonchev–Trinajstić information content (AvgIpc) is 1.97. The van der Waals surface area contributed by atoms with Gasteiger partial charge in [-0.05, 0) is 20.8 Å². The summed E-state index contributed by atoms with van der Waals surface area (Å²) in [4.78, 5) is 10.5. The van der Waals surface area contributed by atoms with Crippen LogP contribution in [0, 0.1) is 0 Å². The highest BCUT2D eigenvalue weighted by Crippen LogP contribution is 2.16. The Hall–Kier alpha value is -0.550. The molecule has 0 saturated carbocycles. The quantitative estimate of drug-likeness (QED) is 0.366. The number of nitrogens with zero attached hydrogens (tertiary/aromatic N) is 1. The first-order valence-electron chi connectivity index (χ1n) is 3.42. The van der Waals surface area contributed by atoms with Crippen molar-refractivity contribution < 1.29 is 14.1 Å². The molecule has 12 heavy (non-hydrogen) atoms. The van der Waals surface area contributed by atoms with Gasteiger partial charge in [-0.15, -0.1) is 0 Å². The lowest BCUT2D eigenvalue weighted by atomic mass is 10.3. The van der Waals surface area contributed by atoms with Gasteiger partial charge in [0.15, 0.2) is 6.21 Å². The van der Waals surface area contributed by atoms with Gasteiger partial charge in [0.05, 0.1) is 7.11 Å². The van der Waals surface area contributed by atoms with Gasteiger partial charge in [0, 0.05) is 0 Å². The second-order valence-electron chi connectivity index (χ2n) is 3.12. The molecule has 0 aromatic rings. The SMILES string of the molecule is COC(=O)/C=N/[S@+]([O-])C(C)(C)C. The number of carbonyl (C=O) groups is 1. The minimum absolute atomic E-state index is 0.440. The maximum atomic E-state index is 11.2. The molecule has 4 nitrogen and oxygen atoms in total. The topological polar surface area (TPSA) is 61.7 Å². The first-order chi connectivity index (χ1) is 5.38. The van der Waals surface area contributed by atoms with Crippen LogP contribution in [0.1, 0.15) is 20.8 Å². The third-order valence-electron chi connectivity index (χ3n) is 0.979. The molecule has 70 valence electrons. The lowest BCUT2D eigenvalue weighted by Gasteiger charge is -2.17. The lowest BCUT2D eigenvalue weighted by molar-refractivity contribution is -0.132. The van der Waals surface area contributed by atoms with Gasteiger partial charge in [-0.1, -0.05) is 4.40 Å². The summed E-state index contributed by atoms with van der Waals surface area (Å²) in [5, 5.41) is 0. The first kappa shape index (κ1) is 11.4. The molecule has 0 spiro atoms. The molecule has 0 unspecified atom stereocenters. The van der Waals surface area contributed by atoms with Crippen LogP contribution in [-0.2, 0) is 20.9 Å². The smallest absolute Gasteiger partial charge is 0.353 e. The van der Waals surface area contributed by atoms with Gasteiger partial charge < -0.3 is 9.29 Å². The summed E-state index contributed by atoms with van der Waals surface area (Å²) in [6.45, 7) is 5.33. The van der Waals surface area contributed by atoms with Crippen LogP contribution < -0.4 is 0 Å². The first-order valence-corrected chi connectivity index (χ1v) is 4.52. The molecule has 0 aliphatic rings. The van der Waals surface area contributed by atoms with E-state index in [4.69, 9.17) is 0 Å². The minimum Gasteiger partial charge on any atom is -0.591 e. The fourth-order valence-electron chi connectivity index (χ4n) is 0.302. The highest BCUT2D eigenvalue weighted by Gasteiger charge is 2.26. The van der Waals surface area contributed by atoms with Crippen molar-refractivity contribution in [3.05, 3.63) is 0 Å². The molecule has 0 rings (SSSR count). The summed E-state index contributed by atoms with van der Waals surface area (Å²) in [7, 11) is 1.24. The normalized spacial score (nSPS) is 14.8. The van der Waals surface area contributed by atoms with Gasteiger partial charge >= 0.3 is 5.97 Å². The van der Waals surface area contributed by atoms with E-state index in [0.29, 0.717) is 0 Å². The number of carbonyl (C=O) groups excluding carboxylic acids is 1. The highest BCUT2D eigenvalue weighted by atomic mass is 32.2. The fraction of sp³-hybridized carbons (Fsp3) is 0.714. The van der Waals surface area contributed by atoms with Crippen molar-refractivity contribution in [2.45, 2.75) is 25.5 Å². The molecule has 0 aliphatic carbocycles. The van der Waals surface area contributed by atoms with E-state index in [2.05, 4.69) is 9.13 Å². The molecule has 0 heterocycles. The van der Waals surface area contributed by atoms with E-state index < -0.39 is 22.1 Å². The zero-order valence-corrected chi connectivity index (χ0v) is 8.47. The molecule has 5 heteroatoms. The monoisotopic (exact) mass is 191 g/mol. The number of rotatable bonds is 2. The highest BCUT2D eigenvalue weighted by molar-refractivity contribution is 7.91. The molecule has 0 amide bonds. The van der Waals surface area contributed by atoms with Gasteiger partial charge in [-0.2, -0.15) is 0 Å². The lowest BCUT2D eigenvalue weighted by Crippen LogP contribution is -2.26. The second-order valence-corrected chi connectivity index (χ2v) is 5.05. The summed E-state index contributed by atoms with van der Waals surface area (Å²) >= 11 is -1.39. The molecular weight excluding hydrogens is 178 g/mol. The number of hydrogen-bond donors (Lipinski definition) is 0. The average molecular weight is 191 g/mol. The van der Waals surface area contributed by atoms with Crippen LogP contribution in [-0.4, -0.2) is 28.6 Å². The van der Waals surface area contributed by atoms with Crippen molar-refractivity contribution in [3.63, 3.8) is 0 Å². The van der Waals surface area contributed by atoms with Crippen LogP contribution in [0.3, 0.4) is 0 Å². The summed E-state index contributed by atoms with van der Waals surface area (Å²) < 4.78 is 18.6. The number of esters is 1. The van der Waals surface area contributed by atoms with Crippen molar-refractivity contribution in [2.75, 3.05) is 7.11 Å². The Balaban J connectivity index is 4.09. The molecular formula is C7H13NO3S. The zero-order chi connectivity index (χ0) is 9.78. The molecule has 0 N–H and O–H groups in total. The van der Waals surface area contributed by atoms with Gasteiger partial charge in [-0.3, -0.25) is 0 Å². The Morgan fingerprint density at radius 2 is 2.08 bits per heavy atom. The molecule has 0 fully saturated rings. The zero-order valence-electron chi connectivity index (χ0n) is 7.66. The Morgan fingerprint density at radius 1 is 1.58 bits per heavy atom. The van der Waals surface area contributed by atoms with E-state index >= 15 is 0 Å². The minimum atomic E-state index is -1.39. The van der Waals surface area contributed by atoms with Crippen molar-refractivity contribution in [3.8, 4) is 0 Å². The van der Waals surface area contributed by atoms with E-state index in [1.807, 2.05) is 0 Å². The van der Waals surface area contributed by atoms with E-state index in [9.17, 15) is 9.35 Å². The third-order valence-corrected chi connectivity index (χ3v) is 2.32. The van der Waals surface area contributed by atoms with Crippen molar-refractivity contribution in [2.24, 2.45) is 4.40 Å². The van der Waals surface area contributed by atoms with Crippen LogP contribution in [0.25, 0.3) is 0 Å². The van der Waals surface area contributed by atoms with Gasteiger partial charge in [0.1, 0.15) is 16.1 Å². The van der Waals surface area contributed by atoms with E-state index in [1.54, 1.807) is 20.8 Å². The Bertz CT molecular complexity index is 186. The molecule has 0 aromatic carbocycles. The molecule has 0 saturated heterocycles. The molecule has 1 atom stereocenters. The number of hydrogen-bond acceptors (Lipinski definition) is 4. The maximum Gasteiger partial charge on any atom is 0.353 e. The number of ether oxygens (including phenoxy) is 1. The summed E-state index contributed by atoms with van der Waals surface area (Å²) in [5.41, 5.74) is 0. The predicted octanol–water partition coefficient (Wildman–Crippen LogP) is 0.692. The number of methoxy groups -OCH3 is 1. The van der Waals surface area contributed by atoms with Crippen LogP contribution in [0.15, 0.2) is 4.40 Å². The largest absolute Gasteiger partial charge is 0.591 e. The molecule has 0 aliphatic heterocycles. The standard InChI is InChI=1S/C7H13NO3S/c1-7(2,3)12(10)8-5-6(9)11-4/h5H,1-4H3/b8-5+/t12-/m1/s1. The van der Waals surface area contributed by atoms with E-state index in [1.165, 1.54) is 7.11 Å². The molecule has 0 radical (unpaired) electrons. The molecule has 0 aromatic heterocycles. The van der Waals surface area contributed by atoms with Crippen LogP contribution in [0.5, 0.6) is 0 Å². The van der Waals surface area contributed by atoms with Crippen molar-refractivity contribution in [1.82, 2.24) is 0 Å². The van der Waals surface area contributed by atoms with Gasteiger partial charge in [-0.25, -0.2) is 4.79 Å². The van der Waals surface area contributed by atoms with Gasteiger partial charge in [0.25, 0.3) is 0 Å².